The summed E-state index contributed by atoms with van der Waals surface area (Å²) < 4.78 is 18.8. The molecular formula is C20H21ClFN3OS. The number of nitrogens with zero attached hydrogens (tertiary/aromatic N) is 2. The van der Waals surface area contributed by atoms with Crippen LogP contribution in [0.3, 0.4) is 0 Å². The van der Waals surface area contributed by atoms with Crippen LogP contribution in [0.5, 0.6) is 5.75 Å². The topological polar surface area (TPSA) is 27.7 Å². The summed E-state index contributed by atoms with van der Waals surface area (Å²) in [6, 6.07) is 11.0. The standard InChI is InChI=1S/C20H21ClFN3OS/c21-17-12-16(2-3-18(17)22)23-20(27)25-8-6-24(7-9-25)13-14-1-4-19-15(11-14)5-10-26-19/h1-4,11-12H,5-10,13H2,(H,23,27). The van der Waals surface area contributed by atoms with Gasteiger partial charge in [-0.05, 0) is 47.6 Å². The van der Waals surface area contributed by atoms with Gasteiger partial charge in [-0.3, -0.25) is 4.90 Å². The highest BCUT2D eigenvalue weighted by atomic mass is 35.5. The average molecular weight is 406 g/mol. The molecule has 7 heteroatoms. The van der Waals surface area contributed by atoms with Crippen molar-refractivity contribution < 1.29 is 9.13 Å². The number of hydrogen-bond donors (Lipinski definition) is 1. The van der Waals surface area contributed by atoms with E-state index in [2.05, 4.69) is 33.3 Å². The number of thiocarbonyl (C=S) groups is 1. The summed E-state index contributed by atoms with van der Waals surface area (Å²) in [6.45, 7) is 5.33. The van der Waals surface area contributed by atoms with Crippen molar-refractivity contribution in [2.45, 2.75) is 13.0 Å². The minimum absolute atomic E-state index is 0.0902. The van der Waals surface area contributed by atoms with Crippen molar-refractivity contribution >= 4 is 34.6 Å². The molecule has 0 bridgehead atoms. The SMILES string of the molecule is Fc1ccc(NC(=S)N2CCN(Cc3ccc4c(c3)CCO4)CC2)cc1Cl. The molecule has 0 unspecified atom stereocenters. The maximum atomic E-state index is 13.3. The molecular weight excluding hydrogens is 385 g/mol. The van der Waals surface area contributed by atoms with E-state index in [1.807, 2.05) is 0 Å². The van der Waals surface area contributed by atoms with Gasteiger partial charge in [0.15, 0.2) is 5.11 Å². The smallest absolute Gasteiger partial charge is 0.173 e. The highest BCUT2D eigenvalue weighted by Gasteiger charge is 2.20. The van der Waals surface area contributed by atoms with Crippen molar-refractivity contribution in [1.29, 1.82) is 0 Å². The third-order valence-electron chi connectivity index (χ3n) is 4.99. The van der Waals surface area contributed by atoms with Gasteiger partial charge < -0.3 is 15.0 Å². The van der Waals surface area contributed by atoms with Crippen molar-refractivity contribution in [3.63, 3.8) is 0 Å². The Morgan fingerprint density at radius 3 is 2.74 bits per heavy atom. The Kier molecular flexibility index (Phi) is 5.48. The van der Waals surface area contributed by atoms with Gasteiger partial charge in [-0.25, -0.2) is 4.39 Å². The molecule has 4 rings (SSSR count). The number of piperazine rings is 1. The molecule has 2 aromatic rings. The molecule has 4 nitrogen and oxygen atoms in total. The number of halogens is 2. The van der Waals surface area contributed by atoms with Crippen LogP contribution in [0.15, 0.2) is 36.4 Å². The summed E-state index contributed by atoms with van der Waals surface area (Å²) >= 11 is 11.3. The molecule has 0 atom stereocenters. The van der Waals surface area contributed by atoms with E-state index in [4.69, 9.17) is 28.6 Å². The average Bonchev–Trinajstić information content (AvgIpc) is 3.13. The van der Waals surface area contributed by atoms with Crippen molar-refractivity contribution in [1.82, 2.24) is 9.80 Å². The second-order valence-electron chi connectivity index (χ2n) is 6.86. The van der Waals surface area contributed by atoms with Gasteiger partial charge in [0.1, 0.15) is 11.6 Å². The van der Waals surface area contributed by atoms with Gasteiger partial charge in [0.2, 0.25) is 0 Å². The maximum absolute atomic E-state index is 13.3. The van der Waals surface area contributed by atoms with Gasteiger partial charge in [0, 0.05) is 44.8 Å². The molecule has 0 radical (unpaired) electrons. The summed E-state index contributed by atoms with van der Waals surface area (Å²) in [5, 5.41) is 3.88. The first kappa shape index (κ1) is 18.5. The number of anilines is 1. The molecule has 1 fully saturated rings. The third kappa shape index (κ3) is 4.34. The summed E-state index contributed by atoms with van der Waals surface area (Å²) in [5.41, 5.74) is 3.35. The van der Waals surface area contributed by atoms with Crippen LogP contribution < -0.4 is 10.1 Å². The van der Waals surface area contributed by atoms with E-state index in [-0.39, 0.29) is 5.02 Å². The van der Waals surface area contributed by atoms with Crippen molar-refractivity contribution in [3.05, 3.63) is 58.4 Å². The van der Waals surface area contributed by atoms with Gasteiger partial charge in [0.05, 0.1) is 11.6 Å². The first-order valence-corrected chi connectivity index (χ1v) is 9.85. The number of nitrogens with one attached hydrogen (secondary N) is 1. The van der Waals surface area contributed by atoms with E-state index in [9.17, 15) is 4.39 Å². The summed E-state index contributed by atoms with van der Waals surface area (Å²) in [7, 11) is 0. The summed E-state index contributed by atoms with van der Waals surface area (Å²) in [5.74, 6) is 0.598. The second kappa shape index (κ2) is 8.00. The Hall–Kier alpha value is -1.89. The normalized spacial score (nSPS) is 16.7. The molecule has 0 aromatic heterocycles. The highest BCUT2D eigenvalue weighted by Crippen LogP contribution is 2.26. The lowest BCUT2D eigenvalue weighted by atomic mass is 10.1. The molecule has 27 heavy (non-hydrogen) atoms. The fourth-order valence-electron chi connectivity index (χ4n) is 3.48. The Labute approximate surface area is 168 Å². The van der Waals surface area contributed by atoms with Crippen LogP contribution in [-0.4, -0.2) is 47.7 Å². The minimum Gasteiger partial charge on any atom is -0.493 e. The molecule has 2 aromatic carbocycles. The largest absolute Gasteiger partial charge is 0.493 e. The van der Waals surface area contributed by atoms with Crippen LogP contribution in [0, 0.1) is 5.82 Å². The second-order valence-corrected chi connectivity index (χ2v) is 7.66. The van der Waals surface area contributed by atoms with Crippen LogP contribution in [0.4, 0.5) is 10.1 Å². The molecule has 2 heterocycles. The zero-order valence-electron chi connectivity index (χ0n) is 14.9. The molecule has 142 valence electrons. The zero-order valence-corrected chi connectivity index (χ0v) is 16.5. The Balaban J connectivity index is 1.29. The first-order valence-electron chi connectivity index (χ1n) is 9.06. The number of rotatable bonds is 3. The molecule has 2 aliphatic rings. The number of benzene rings is 2. The van der Waals surface area contributed by atoms with E-state index in [1.54, 1.807) is 12.1 Å². The molecule has 2 aliphatic heterocycles. The van der Waals surface area contributed by atoms with Crippen molar-refractivity contribution in [3.8, 4) is 5.75 Å². The minimum atomic E-state index is -0.431. The predicted octanol–water partition coefficient (Wildman–Crippen LogP) is 3.93. The van der Waals surface area contributed by atoms with Gasteiger partial charge >= 0.3 is 0 Å². The first-order chi connectivity index (χ1) is 13.1. The van der Waals surface area contributed by atoms with Gasteiger partial charge in [-0.15, -0.1) is 0 Å². The van der Waals surface area contributed by atoms with Crippen LogP contribution in [0.2, 0.25) is 5.02 Å². The number of hydrogen-bond acceptors (Lipinski definition) is 3. The number of ether oxygens (including phenoxy) is 1. The van der Waals surface area contributed by atoms with E-state index < -0.39 is 5.82 Å². The lowest BCUT2D eigenvalue weighted by molar-refractivity contribution is 0.177. The Bertz CT molecular complexity index is 855. The fraction of sp³-hybridized carbons (Fsp3) is 0.350. The highest BCUT2D eigenvalue weighted by molar-refractivity contribution is 7.80. The van der Waals surface area contributed by atoms with Crippen LogP contribution >= 0.6 is 23.8 Å². The molecule has 0 spiro atoms. The lowest BCUT2D eigenvalue weighted by Crippen LogP contribution is -2.49. The number of fused-ring (bicyclic) bond motifs is 1. The predicted molar refractivity (Wildman–Crippen MR) is 110 cm³/mol. The molecule has 0 saturated carbocycles. The van der Waals surface area contributed by atoms with E-state index in [1.165, 1.54) is 17.2 Å². The van der Waals surface area contributed by atoms with E-state index in [0.717, 1.165) is 51.5 Å². The van der Waals surface area contributed by atoms with Crippen molar-refractivity contribution in [2.75, 3.05) is 38.1 Å². The van der Waals surface area contributed by atoms with Crippen LogP contribution in [-0.2, 0) is 13.0 Å². The van der Waals surface area contributed by atoms with E-state index >= 15 is 0 Å². The monoisotopic (exact) mass is 405 g/mol. The Morgan fingerprint density at radius 1 is 1.15 bits per heavy atom. The van der Waals surface area contributed by atoms with E-state index in [0.29, 0.717) is 10.8 Å². The fourth-order valence-corrected chi connectivity index (χ4v) is 3.96. The van der Waals surface area contributed by atoms with Gasteiger partial charge in [-0.2, -0.15) is 0 Å². The lowest BCUT2D eigenvalue weighted by Gasteiger charge is -2.36. The molecule has 1 saturated heterocycles. The molecule has 1 N–H and O–H groups in total. The van der Waals surface area contributed by atoms with Crippen LogP contribution in [0.25, 0.3) is 0 Å². The summed E-state index contributed by atoms with van der Waals surface area (Å²) in [6.07, 6.45) is 1.00. The van der Waals surface area contributed by atoms with Gasteiger partial charge in [0.25, 0.3) is 0 Å². The van der Waals surface area contributed by atoms with Crippen LogP contribution in [0.1, 0.15) is 11.1 Å². The van der Waals surface area contributed by atoms with Crippen molar-refractivity contribution in [2.24, 2.45) is 0 Å². The summed E-state index contributed by atoms with van der Waals surface area (Å²) in [4.78, 5) is 4.57. The molecule has 0 amide bonds. The third-order valence-corrected chi connectivity index (χ3v) is 5.64. The maximum Gasteiger partial charge on any atom is 0.173 e. The molecule has 0 aliphatic carbocycles. The quantitative estimate of drug-likeness (QED) is 0.781. The van der Waals surface area contributed by atoms with Gasteiger partial charge in [-0.1, -0.05) is 23.7 Å². The zero-order chi connectivity index (χ0) is 18.8. The Morgan fingerprint density at radius 2 is 1.96 bits per heavy atom.